The third-order valence-corrected chi connectivity index (χ3v) is 2.96. The van der Waals surface area contributed by atoms with Gasteiger partial charge in [-0.15, -0.1) is 0 Å². The minimum atomic E-state index is 0.430. The van der Waals surface area contributed by atoms with Crippen LogP contribution in [0.4, 0.5) is 17.3 Å². The van der Waals surface area contributed by atoms with Crippen LogP contribution in [-0.2, 0) is 0 Å². The first-order valence-corrected chi connectivity index (χ1v) is 5.96. The summed E-state index contributed by atoms with van der Waals surface area (Å²) in [6, 6.07) is 7.04. The van der Waals surface area contributed by atoms with Gasteiger partial charge in [0.2, 0.25) is 0 Å². The van der Waals surface area contributed by atoms with Crippen LogP contribution < -0.4 is 11.1 Å². The zero-order valence-corrected chi connectivity index (χ0v) is 11.3. The minimum absolute atomic E-state index is 0.430. The van der Waals surface area contributed by atoms with Gasteiger partial charge in [-0.2, -0.15) is 5.26 Å². The summed E-state index contributed by atoms with van der Waals surface area (Å²) in [5.74, 6) is 1.62. The summed E-state index contributed by atoms with van der Waals surface area (Å²) in [4.78, 5) is 8.36. The maximum Gasteiger partial charge on any atom is 0.139 e. The van der Waals surface area contributed by atoms with Crippen molar-refractivity contribution in [2.45, 2.75) is 13.8 Å². The van der Waals surface area contributed by atoms with Crippen molar-refractivity contribution in [3.8, 4) is 6.07 Å². The molecule has 1 aromatic carbocycles. The fourth-order valence-electron chi connectivity index (χ4n) is 1.59. The lowest BCUT2D eigenvalue weighted by molar-refractivity contribution is 1.04. The van der Waals surface area contributed by atoms with Gasteiger partial charge in [-0.05, 0) is 32.0 Å². The highest BCUT2D eigenvalue weighted by molar-refractivity contribution is 6.33. The molecular formula is C13H12ClN5. The van der Waals surface area contributed by atoms with Crippen molar-refractivity contribution in [2.75, 3.05) is 11.1 Å². The van der Waals surface area contributed by atoms with Crippen molar-refractivity contribution < 1.29 is 0 Å². The number of benzene rings is 1. The van der Waals surface area contributed by atoms with E-state index in [2.05, 4.69) is 15.3 Å². The SMILES string of the molecule is Cc1nc(N)c(C)c(Nc2ccc(C#N)cc2Cl)n1. The highest BCUT2D eigenvalue weighted by Crippen LogP contribution is 2.28. The number of hydrogen-bond acceptors (Lipinski definition) is 5. The molecule has 0 bridgehead atoms. The van der Waals surface area contributed by atoms with Gasteiger partial charge in [0.25, 0.3) is 0 Å². The van der Waals surface area contributed by atoms with Gasteiger partial charge in [0.15, 0.2) is 0 Å². The predicted molar refractivity (Wildman–Crippen MR) is 75.4 cm³/mol. The van der Waals surface area contributed by atoms with Crippen LogP contribution >= 0.6 is 11.6 Å². The lowest BCUT2D eigenvalue weighted by Gasteiger charge is -2.12. The van der Waals surface area contributed by atoms with Crippen LogP contribution in [0.1, 0.15) is 17.0 Å². The minimum Gasteiger partial charge on any atom is -0.383 e. The standard InChI is InChI=1S/C13H12ClN5/c1-7-12(16)17-8(2)18-13(7)19-11-4-3-9(6-15)5-10(11)14/h3-5H,1-2H3,(H3,16,17,18,19). The van der Waals surface area contributed by atoms with E-state index >= 15 is 0 Å². The number of nitrogens with two attached hydrogens (primary N) is 1. The van der Waals surface area contributed by atoms with E-state index in [4.69, 9.17) is 22.6 Å². The molecule has 0 amide bonds. The average Bonchev–Trinajstić information content (AvgIpc) is 2.37. The molecule has 0 aliphatic heterocycles. The van der Waals surface area contributed by atoms with Gasteiger partial charge >= 0.3 is 0 Å². The van der Waals surface area contributed by atoms with Crippen LogP contribution in [0.25, 0.3) is 0 Å². The van der Waals surface area contributed by atoms with Crippen LogP contribution in [-0.4, -0.2) is 9.97 Å². The Balaban J connectivity index is 2.39. The number of aryl methyl sites for hydroxylation is 1. The number of hydrogen-bond donors (Lipinski definition) is 2. The molecule has 0 aliphatic carbocycles. The molecule has 19 heavy (non-hydrogen) atoms. The zero-order chi connectivity index (χ0) is 14.0. The Morgan fingerprint density at radius 1 is 1.32 bits per heavy atom. The summed E-state index contributed by atoms with van der Waals surface area (Å²) < 4.78 is 0. The molecular weight excluding hydrogens is 262 g/mol. The quantitative estimate of drug-likeness (QED) is 0.878. The van der Waals surface area contributed by atoms with Gasteiger partial charge in [-0.3, -0.25) is 0 Å². The van der Waals surface area contributed by atoms with Crippen LogP contribution in [0.5, 0.6) is 0 Å². The van der Waals surface area contributed by atoms with E-state index in [0.717, 1.165) is 5.56 Å². The van der Waals surface area contributed by atoms with Crippen molar-refractivity contribution in [3.63, 3.8) is 0 Å². The molecule has 0 aliphatic rings. The summed E-state index contributed by atoms with van der Waals surface area (Å²) in [5.41, 5.74) is 7.72. The first-order chi connectivity index (χ1) is 9.01. The molecule has 5 nitrogen and oxygen atoms in total. The molecule has 2 rings (SSSR count). The maximum absolute atomic E-state index is 8.79. The Bertz CT molecular complexity index is 675. The number of halogens is 1. The van der Waals surface area contributed by atoms with E-state index < -0.39 is 0 Å². The molecule has 0 saturated carbocycles. The lowest BCUT2D eigenvalue weighted by Crippen LogP contribution is -2.05. The number of anilines is 3. The highest BCUT2D eigenvalue weighted by atomic mass is 35.5. The number of nitriles is 1. The first kappa shape index (κ1) is 13.1. The van der Waals surface area contributed by atoms with E-state index in [1.54, 1.807) is 25.1 Å². The van der Waals surface area contributed by atoms with E-state index in [1.807, 2.05) is 13.0 Å². The Hall–Kier alpha value is -2.32. The van der Waals surface area contributed by atoms with Crippen molar-refractivity contribution in [2.24, 2.45) is 0 Å². The van der Waals surface area contributed by atoms with Crippen molar-refractivity contribution in [3.05, 3.63) is 40.2 Å². The molecule has 6 heteroatoms. The van der Waals surface area contributed by atoms with E-state index in [-0.39, 0.29) is 0 Å². The second kappa shape index (κ2) is 5.12. The third kappa shape index (κ3) is 2.75. The maximum atomic E-state index is 8.79. The van der Waals surface area contributed by atoms with Gasteiger partial charge in [0.1, 0.15) is 17.5 Å². The van der Waals surface area contributed by atoms with Crippen molar-refractivity contribution in [1.29, 1.82) is 5.26 Å². The third-order valence-electron chi connectivity index (χ3n) is 2.65. The highest BCUT2D eigenvalue weighted by Gasteiger charge is 2.09. The second-order valence-corrected chi connectivity index (χ2v) is 4.47. The Morgan fingerprint density at radius 2 is 2.05 bits per heavy atom. The molecule has 2 aromatic rings. The normalized spacial score (nSPS) is 10.0. The van der Waals surface area contributed by atoms with Gasteiger partial charge in [-0.25, -0.2) is 9.97 Å². The Kier molecular flexibility index (Phi) is 3.54. The monoisotopic (exact) mass is 273 g/mol. The van der Waals surface area contributed by atoms with Gasteiger partial charge in [0, 0.05) is 5.56 Å². The predicted octanol–water partition coefficient (Wildman–Crippen LogP) is 2.94. The second-order valence-electron chi connectivity index (χ2n) is 4.06. The van der Waals surface area contributed by atoms with Crippen LogP contribution in [0, 0.1) is 25.2 Å². The van der Waals surface area contributed by atoms with Crippen molar-refractivity contribution in [1.82, 2.24) is 9.97 Å². The molecule has 1 aromatic heterocycles. The topological polar surface area (TPSA) is 87.6 Å². The molecule has 0 unspecified atom stereocenters. The van der Waals surface area contributed by atoms with E-state index in [0.29, 0.717) is 33.7 Å². The Labute approximate surface area is 116 Å². The molecule has 1 heterocycles. The summed E-state index contributed by atoms with van der Waals surface area (Å²) in [7, 11) is 0. The van der Waals surface area contributed by atoms with Gasteiger partial charge in [0.05, 0.1) is 22.3 Å². The van der Waals surface area contributed by atoms with Crippen LogP contribution in [0.3, 0.4) is 0 Å². The first-order valence-electron chi connectivity index (χ1n) is 5.58. The number of aromatic nitrogens is 2. The number of nitrogens with zero attached hydrogens (tertiary/aromatic N) is 3. The van der Waals surface area contributed by atoms with Gasteiger partial charge in [-0.1, -0.05) is 11.6 Å². The number of nitrogen functional groups attached to an aromatic ring is 1. The summed E-state index contributed by atoms with van der Waals surface area (Å²) in [6.45, 7) is 3.59. The molecule has 0 saturated heterocycles. The smallest absolute Gasteiger partial charge is 0.139 e. The molecule has 0 radical (unpaired) electrons. The lowest BCUT2D eigenvalue weighted by atomic mass is 10.2. The van der Waals surface area contributed by atoms with E-state index in [1.165, 1.54) is 0 Å². The zero-order valence-electron chi connectivity index (χ0n) is 10.5. The van der Waals surface area contributed by atoms with Crippen molar-refractivity contribution >= 4 is 28.9 Å². The van der Waals surface area contributed by atoms with Crippen LogP contribution in [0.2, 0.25) is 5.02 Å². The summed E-state index contributed by atoms with van der Waals surface area (Å²) >= 11 is 6.10. The molecule has 3 N–H and O–H groups in total. The molecule has 0 atom stereocenters. The Morgan fingerprint density at radius 3 is 2.68 bits per heavy atom. The number of nitrogens with one attached hydrogen (secondary N) is 1. The molecule has 0 spiro atoms. The molecule has 96 valence electrons. The average molecular weight is 274 g/mol. The summed E-state index contributed by atoms with van der Waals surface area (Å²) in [5, 5.41) is 12.3. The largest absolute Gasteiger partial charge is 0.383 e. The molecule has 0 fully saturated rings. The van der Waals surface area contributed by atoms with Gasteiger partial charge < -0.3 is 11.1 Å². The fraction of sp³-hybridized carbons (Fsp3) is 0.154. The summed E-state index contributed by atoms with van der Waals surface area (Å²) in [6.07, 6.45) is 0. The number of rotatable bonds is 2. The van der Waals surface area contributed by atoms with Crippen LogP contribution in [0.15, 0.2) is 18.2 Å². The fourth-order valence-corrected chi connectivity index (χ4v) is 1.81. The van der Waals surface area contributed by atoms with E-state index in [9.17, 15) is 0 Å².